The zero-order valence-corrected chi connectivity index (χ0v) is 17.0. The first-order valence-electron chi connectivity index (χ1n) is 9.30. The van der Waals surface area contributed by atoms with Crippen molar-refractivity contribution in [2.75, 3.05) is 30.8 Å². The molecule has 9 nitrogen and oxygen atoms in total. The summed E-state index contributed by atoms with van der Waals surface area (Å²) in [6, 6.07) is 10.6. The molecule has 10 heteroatoms. The number of hydrogen-bond donors (Lipinski definition) is 2. The third-order valence-electron chi connectivity index (χ3n) is 4.80. The highest BCUT2D eigenvalue weighted by Crippen LogP contribution is 2.27. The van der Waals surface area contributed by atoms with Crippen molar-refractivity contribution in [3.63, 3.8) is 0 Å². The number of amides is 2. The van der Waals surface area contributed by atoms with E-state index in [2.05, 4.69) is 10.6 Å². The smallest absolute Gasteiger partial charge is 0.289 e. The van der Waals surface area contributed by atoms with Crippen LogP contribution in [0.5, 0.6) is 5.75 Å². The fraction of sp³-hybridized carbons (Fsp3) is 0.300. The lowest BCUT2D eigenvalue weighted by Crippen LogP contribution is -2.43. The summed E-state index contributed by atoms with van der Waals surface area (Å²) >= 11 is 5.79. The van der Waals surface area contributed by atoms with Gasteiger partial charge >= 0.3 is 0 Å². The average molecular weight is 433 g/mol. The maximum absolute atomic E-state index is 12.7. The molecule has 0 saturated carbocycles. The van der Waals surface area contributed by atoms with Crippen LogP contribution in [-0.4, -0.2) is 47.9 Å². The molecule has 2 aromatic rings. The standard InChI is InChI=1S/C20H21ClN4O5/c1-30-15-7-4-13(5-8-15)23-20(27)17-3-2-10-24(17)12-19(26)22-14-6-9-16(21)18(11-14)25(28)29/h4-9,11,17H,2-3,10,12H2,1H3,(H,22,26)(H,23,27). The van der Waals surface area contributed by atoms with Crippen molar-refractivity contribution < 1.29 is 19.2 Å². The third-order valence-corrected chi connectivity index (χ3v) is 5.12. The van der Waals surface area contributed by atoms with Crippen LogP contribution >= 0.6 is 11.6 Å². The van der Waals surface area contributed by atoms with Crippen LogP contribution in [0.4, 0.5) is 17.1 Å². The summed E-state index contributed by atoms with van der Waals surface area (Å²) in [6.07, 6.45) is 1.43. The molecule has 1 heterocycles. The zero-order valence-electron chi connectivity index (χ0n) is 16.3. The molecule has 1 atom stereocenters. The number of nitrogens with zero attached hydrogens (tertiary/aromatic N) is 2. The lowest BCUT2D eigenvalue weighted by atomic mass is 10.2. The molecule has 1 saturated heterocycles. The zero-order chi connectivity index (χ0) is 21.7. The number of halogens is 1. The average Bonchev–Trinajstić information content (AvgIpc) is 3.18. The summed E-state index contributed by atoms with van der Waals surface area (Å²) in [7, 11) is 1.57. The number of rotatable bonds is 7. The molecule has 1 aliphatic heterocycles. The van der Waals surface area contributed by atoms with E-state index < -0.39 is 11.0 Å². The molecular weight excluding hydrogens is 412 g/mol. The van der Waals surface area contributed by atoms with Crippen molar-refractivity contribution >= 4 is 40.5 Å². The van der Waals surface area contributed by atoms with Crippen molar-refractivity contribution in [1.29, 1.82) is 0 Å². The minimum absolute atomic E-state index is 0.00285. The first kappa shape index (κ1) is 21.5. The van der Waals surface area contributed by atoms with E-state index in [1.807, 2.05) is 0 Å². The monoisotopic (exact) mass is 432 g/mol. The molecule has 3 rings (SSSR count). The number of anilines is 2. The van der Waals surface area contributed by atoms with Gasteiger partial charge in [-0.15, -0.1) is 0 Å². The Bertz CT molecular complexity index is 951. The number of likely N-dealkylation sites (tertiary alicyclic amines) is 1. The molecule has 2 N–H and O–H groups in total. The summed E-state index contributed by atoms with van der Waals surface area (Å²) in [6.45, 7) is 0.603. The highest BCUT2D eigenvalue weighted by atomic mass is 35.5. The Morgan fingerprint density at radius 3 is 2.57 bits per heavy atom. The Labute approximate surface area is 178 Å². The minimum Gasteiger partial charge on any atom is -0.497 e. The summed E-state index contributed by atoms with van der Waals surface area (Å²) in [5.74, 6) is 0.137. The van der Waals surface area contributed by atoms with Crippen LogP contribution in [-0.2, 0) is 9.59 Å². The number of benzene rings is 2. The van der Waals surface area contributed by atoms with Gasteiger partial charge in [-0.3, -0.25) is 24.6 Å². The van der Waals surface area contributed by atoms with Gasteiger partial charge in [0.05, 0.1) is 24.6 Å². The summed E-state index contributed by atoms with van der Waals surface area (Å²) < 4.78 is 5.10. The second-order valence-corrected chi connectivity index (χ2v) is 7.22. The van der Waals surface area contributed by atoms with Gasteiger partial charge < -0.3 is 15.4 Å². The quantitative estimate of drug-likeness (QED) is 0.512. The van der Waals surface area contributed by atoms with Gasteiger partial charge in [0.25, 0.3) is 5.69 Å². The van der Waals surface area contributed by atoms with Crippen molar-refractivity contribution in [3.05, 3.63) is 57.6 Å². The van der Waals surface area contributed by atoms with E-state index in [1.54, 1.807) is 36.3 Å². The number of ether oxygens (including phenoxy) is 1. The van der Waals surface area contributed by atoms with Crippen LogP contribution in [0.1, 0.15) is 12.8 Å². The number of carbonyl (C=O) groups is 2. The number of methoxy groups -OCH3 is 1. The van der Waals surface area contributed by atoms with Crippen molar-refractivity contribution in [2.24, 2.45) is 0 Å². The molecule has 2 amide bonds. The Kier molecular flexibility index (Phi) is 6.86. The second kappa shape index (κ2) is 9.55. The van der Waals surface area contributed by atoms with E-state index >= 15 is 0 Å². The van der Waals surface area contributed by atoms with Crippen LogP contribution in [0.25, 0.3) is 0 Å². The maximum atomic E-state index is 12.7. The fourth-order valence-corrected chi connectivity index (χ4v) is 3.51. The van der Waals surface area contributed by atoms with Crippen molar-refractivity contribution in [1.82, 2.24) is 4.90 Å². The Morgan fingerprint density at radius 2 is 1.90 bits per heavy atom. The highest BCUT2D eigenvalue weighted by molar-refractivity contribution is 6.32. The van der Waals surface area contributed by atoms with Gasteiger partial charge in [-0.05, 0) is 55.8 Å². The first-order valence-corrected chi connectivity index (χ1v) is 9.68. The molecule has 0 aromatic heterocycles. The fourth-order valence-electron chi connectivity index (χ4n) is 3.33. The Hall–Kier alpha value is -3.17. The topological polar surface area (TPSA) is 114 Å². The van der Waals surface area contributed by atoms with Gasteiger partial charge in [0.2, 0.25) is 11.8 Å². The molecule has 0 spiro atoms. The van der Waals surface area contributed by atoms with Gasteiger partial charge in [-0.2, -0.15) is 0 Å². The molecular formula is C20H21ClN4O5. The minimum atomic E-state index is -0.613. The normalized spacial score (nSPS) is 16.1. The predicted molar refractivity (Wildman–Crippen MR) is 113 cm³/mol. The molecule has 1 unspecified atom stereocenters. The Balaban J connectivity index is 1.59. The number of nitrogens with one attached hydrogen (secondary N) is 2. The van der Waals surface area contributed by atoms with E-state index in [0.29, 0.717) is 24.4 Å². The van der Waals surface area contributed by atoms with Gasteiger partial charge in [0.15, 0.2) is 0 Å². The van der Waals surface area contributed by atoms with Crippen LogP contribution in [0.2, 0.25) is 5.02 Å². The van der Waals surface area contributed by atoms with Gasteiger partial charge in [-0.1, -0.05) is 11.6 Å². The number of carbonyl (C=O) groups excluding carboxylic acids is 2. The molecule has 0 bridgehead atoms. The number of nitro groups is 1. The molecule has 0 aliphatic carbocycles. The third kappa shape index (κ3) is 5.25. The summed E-state index contributed by atoms with van der Waals surface area (Å²) in [5.41, 5.74) is 0.632. The molecule has 1 aliphatic rings. The van der Waals surface area contributed by atoms with Crippen LogP contribution in [0, 0.1) is 10.1 Å². The van der Waals surface area contributed by atoms with E-state index in [9.17, 15) is 19.7 Å². The second-order valence-electron chi connectivity index (χ2n) is 6.82. The number of nitro benzene ring substituents is 1. The largest absolute Gasteiger partial charge is 0.497 e. The molecule has 1 fully saturated rings. The van der Waals surface area contributed by atoms with Gasteiger partial charge in [0, 0.05) is 17.4 Å². The number of hydrogen-bond acceptors (Lipinski definition) is 6. The molecule has 158 valence electrons. The summed E-state index contributed by atoms with van der Waals surface area (Å²) in [5, 5.41) is 16.5. The molecule has 2 aromatic carbocycles. The Morgan fingerprint density at radius 1 is 1.20 bits per heavy atom. The molecule has 0 radical (unpaired) electrons. The van der Waals surface area contributed by atoms with E-state index in [-0.39, 0.29) is 34.8 Å². The first-order chi connectivity index (χ1) is 14.4. The SMILES string of the molecule is COc1ccc(NC(=O)C2CCCN2CC(=O)Nc2ccc(Cl)c([N+](=O)[O-])c2)cc1. The highest BCUT2D eigenvalue weighted by Gasteiger charge is 2.32. The van der Waals surface area contributed by atoms with Gasteiger partial charge in [0.1, 0.15) is 10.8 Å². The maximum Gasteiger partial charge on any atom is 0.289 e. The van der Waals surface area contributed by atoms with Crippen LogP contribution < -0.4 is 15.4 Å². The van der Waals surface area contributed by atoms with Crippen molar-refractivity contribution in [2.45, 2.75) is 18.9 Å². The lowest BCUT2D eigenvalue weighted by molar-refractivity contribution is -0.384. The predicted octanol–water partition coefficient (Wildman–Crippen LogP) is 3.30. The summed E-state index contributed by atoms with van der Waals surface area (Å²) in [4.78, 5) is 37.3. The lowest BCUT2D eigenvalue weighted by Gasteiger charge is -2.23. The van der Waals surface area contributed by atoms with Gasteiger partial charge in [-0.25, -0.2) is 0 Å². The van der Waals surface area contributed by atoms with E-state index in [1.165, 1.54) is 18.2 Å². The molecule has 30 heavy (non-hydrogen) atoms. The van der Waals surface area contributed by atoms with Crippen molar-refractivity contribution in [3.8, 4) is 5.75 Å². The van der Waals surface area contributed by atoms with E-state index in [4.69, 9.17) is 16.3 Å². The van der Waals surface area contributed by atoms with Crippen LogP contribution in [0.3, 0.4) is 0 Å². The van der Waals surface area contributed by atoms with Crippen LogP contribution in [0.15, 0.2) is 42.5 Å². The van der Waals surface area contributed by atoms with E-state index in [0.717, 1.165) is 6.42 Å².